The summed E-state index contributed by atoms with van der Waals surface area (Å²) < 4.78 is 0. The normalized spacial score (nSPS) is 19.1. The van der Waals surface area contributed by atoms with Crippen molar-refractivity contribution >= 4 is 17.5 Å². The Morgan fingerprint density at radius 2 is 2.00 bits per heavy atom. The van der Waals surface area contributed by atoms with Crippen molar-refractivity contribution in [3.63, 3.8) is 0 Å². The van der Waals surface area contributed by atoms with E-state index < -0.39 is 6.04 Å². The van der Waals surface area contributed by atoms with Crippen molar-refractivity contribution in [1.29, 1.82) is 0 Å². The van der Waals surface area contributed by atoms with Gasteiger partial charge < -0.3 is 5.32 Å². The van der Waals surface area contributed by atoms with Crippen molar-refractivity contribution in [3.8, 4) is 0 Å². The summed E-state index contributed by atoms with van der Waals surface area (Å²) in [6, 6.07) is 7.50. The fourth-order valence-electron chi connectivity index (χ4n) is 2.41. The van der Waals surface area contributed by atoms with Gasteiger partial charge in [0.25, 0.3) is 5.91 Å². The van der Waals surface area contributed by atoms with Crippen LogP contribution < -0.4 is 5.32 Å². The number of benzene rings is 1. The van der Waals surface area contributed by atoms with E-state index in [0.717, 1.165) is 24.1 Å². The molecule has 0 bridgehead atoms. The molecule has 0 radical (unpaired) electrons. The van der Waals surface area contributed by atoms with Crippen LogP contribution in [-0.2, 0) is 16.0 Å². The lowest BCUT2D eigenvalue weighted by Gasteiger charge is -2.16. The highest BCUT2D eigenvalue weighted by Crippen LogP contribution is 2.21. The molecule has 0 aliphatic carbocycles. The van der Waals surface area contributed by atoms with E-state index in [0.29, 0.717) is 6.54 Å². The number of likely N-dealkylation sites (tertiary alicyclic amines) is 1. The van der Waals surface area contributed by atoms with E-state index in [4.69, 9.17) is 0 Å². The molecule has 19 heavy (non-hydrogen) atoms. The summed E-state index contributed by atoms with van der Waals surface area (Å²) in [7, 11) is 0. The third kappa shape index (κ3) is 2.78. The average molecular weight is 260 g/mol. The Hall–Kier alpha value is -1.84. The van der Waals surface area contributed by atoms with E-state index in [1.165, 1.54) is 4.90 Å². The van der Waals surface area contributed by atoms with Crippen LogP contribution in [0.25, 0.3) is 0 Å². The highest BCUT2D eigenvalue weighted by Gasteiger charge is 2.37. The first-order valence-corrected chi connectivity index (χ1v) is 6.86. The van der Waals surface area contributed by atoms with Crippen LogP contribution in [0.5, 0.6) is 0 Å². The second-order valence-electron chi connectivity index (χ2n) is 4.80. The molecule has 0 spiro atoms. The number of nitrogens with zero attached hydrogens (tertiary/aromatic N) is 1. The first kappa shape index (κ1) is 13.6. The number of rotatable bonds is 5. The maximum Gasteiger partial charge on any atom is 0.252 e. The number of carbonyl (C=O) groups is 2. The molecule has 1 atom stereocenters. The molecule has 1 unspecified atom stereocenters. The SMILES string of the molecule is CCCN1C(=O)CC(Nc2ccccc2CC)C1=O. The van der Waals surface area contributed by atoms with E-state index in [-0.39, 0.29) is 18.2 Å². The first-order chi connectivity index (χ1) is 9.17. The average Bonchev–Trinajstić information content (AvgIpc) is 2.67. The zero-order valence-corrected chi connectivity index (χ0v) is 11.5. The molecule has 1 aromatic rings. The lowest BCUT2D eigenvalue weighted by Crippen LogP contribution is -2.35. The highest BCUT2D eigenvalue weighted by molar-refractivity contribution is 6.06. The van der Waals surface area contributed by atoms with Gasteiger partial charge in [0.05, 0.1) is 6.42 Å². The number of hydrogen-bond acceptors (Lipinski definition) is 3. The molecule has 1 fully saturated rings. The Balaban J connectivity index is 2.12. The van der Waals surface area contributed by atoms with Crippen molar-refractivity contribution in [1.82, 2.24) is 4.90 Å². The summed E-state index contributed by atoms with van der Waals surface area (Å²) in [5.74, 6) is -0.170. The molecule has 2 rings (SSSR count). The number of amides is 2. The number of hydrogen-bond donors (Lipinski definition) is 1. The van der Waals surface area contributed by atoms with Gasteiger partial charge in [0.15, 0.2) is 0 Å². The van der Waals surface area contributed by atoms with Crippen molar-refractivity contribution in [2.45, 2.75) is 39.2 Å². The van der Waals surface area contributed by atoms with E-state index in [2.05, 4.69) is 12.2 Å². The maximum atomic E-state index is 12.2. The number of aryl methyl sites for hydroxylation is 1. The molecule has 1 aromatic carbocycles. The zero-order valence-electron chi connectivity index (χ0n) is 11.5. The molecule has 1 N–H and O–H groups in total. The Labute approximate surface area is 113 Å². The summed E-state index contributed by atoms with van der Waals surface area (Å²) in [6.45, 7) is 4.56. The van der Waals surface area contributed by atoms with Gasteiger partial charge in [0, 0.05) is 12.2 Å². The molecule has 1 heterocycles. The van der Waals surface area contributed by atoms with E-state index in [1.54, 1.807) is 0 Å². The monoisotopic (exact) mass is 260 g/mol. The second-order valence-corrected chi connectivity index (χ2v) is 4.80. The minimum absolute atomic E-state index is 0.0710. The van der Waals surface area contributed by atoms with E-state index >= 15 is 0 Å². The van der Waals surface area contributed by atoms with E-state index in [1.807, 2.05) is 31.2 Å². The predicted molar refractivity (Wildman–Crippen MR) is 74.9 cm³/mol. The van der Waals surface area contributed by atoms with Crippen molar-refractivity contribution in [2.75, 3.05) is 11.9 Å². The smallest absolute Gasteiger partial charge is 0.252 e. The number of nitrogens with one attached hydrogen (secondary N) is 1. The maximum absolute atomic E-state index is 12.2. The number of para-hydroxylation sites is 1. The van der Waals surface area contributed by atoms with Crippen molar-refractivity contribution < 1.29 is 9.59 Å². The highest BCUT2D eigenvalue weighted by atomic mass is 16.2. The van der Waals surface area contributed by atoms with Gasteiger partial charge in [-0.25, -0.2) is 0 Å². The van der Waals surface area contributed by atoms with Crippen LogP contribution in [-0.4, -0.2) is 29.3 Å². The zero-order chi connectivity index (χ0) is 13.8. The Bertz CT molecular complexity index is 485. The molecule has 4 heteroatoms. The van der Waals surface area contributed by atoms with Crippen LogP contribution >= 0.6 is 0 Å². The molecule has 102 valence electrons. The second kappa shape index (κ2) is 5.87. The lowest BCUT2D eigenvalue weighted by molar-refractivity contribution is -0.138. The fraction of sp³-hybridized carbons (Fsp3) is 0.467. The quantitative estimate of drug-likeness (QED) is 0.826. The van der Waals surface area contributed by atoms with Gasteiger partial charge >= 0.3 is 0 Å². The minimum Gasteiger partial charge on any atom is -0.373 e. The molecule has 1 aliphatic heterocycles. The Morgan fingerprint density at radius 1 is 1.26 bits per heavy atom. The molecule has 0 aromatic heterocycles. The van der Waals surface area contributed by atoms with Crippen LogP contribution in [0.1, 0.15) is 32.3 Å². The first-order valence-electron chi connectivity index (χ1n) is 6.86. The largest absolute Gasteiger partial charge is 0.373 e. The Morgan fingerprint density at radius 3 is 2.68 bits per heavy atom. The van der Waals surface area contributed by atoms with Crippen LogP contribution in [0.4, 0.5) is 5.69 Å². The van der Waals surface area contributed by atoms with Crippen LogP contribution in [0, 0.1) is 0 Å². The summed E-state index contributed by atoms with van der Waals surface area (Å²) in [6.07, 6.45) is 1.96. The lowest BCUT2D eigenvalue weighted by atomic mass is 10.1. The molecule has 0 saturated carbocycles. The van der Waals surface area contributed by atoms with Crippen LogP contribution in [0.2, 0.25) is 0 Å². The van der Waals surface area contributed by atoms with Gasteiger partial charge in [-0.15, -0.1) is 0 Å². The minimum atomic E-state index is -0.410. The van der Waals surface area contributed by atoms with Gasteiger partial charge in [0.2, 0.25) is 5.91 Å². The molecular weight excluding hydrogens is 240 g/mol. The summed E-state index contributed by atoms with van der Waals surface area (Å²) >= 11 is 0. The predicted octanol–water partition coefficient (Wildman–Crippen LogP) is 2.20. The summed E-state index contributed by atoms with van der Waals surface area (Å²) in [5.41, 5.74) is 2.12. The van der Waals surface area contributed by atoms with Crippen molar-refractivity contribution in [3.05, 3.63) is 29.8 Å². The molecular formula is C15H20N2O2. The Kier molecular flexibility index (Phi) is 4.20. The standard InChI is InChI=1S/C15H20N2O2/c1-3-9-17-14(18)10-13(15(17)19)16-12-8-6-5-7-11(12)4-2/h5-8,13,16H,3-4,9-10H2,1-2H3. The van der Waals surface area contributed by atoms with Crippen LogP contribution in [0.15, 0.2) is 24.3 Å². The molecule has 2 amide bonds. The third-order valence-corrected chi connectivity index (χ3v) is 3.42. The van der Waals surface area contributed by atoms with Gasteiger partial charge in [-0.3, -0.25) is 14.5 Å². The van der Waals surface area contributed by atoms with Gasteiger partial charge in [-0.2, -0.15) is 0 Å². The molecule has 4 nitrogen and oxygen atoms in total. The number of imide groups is 1. The number of anilines is 1. The fourth-order valence-corrected chi connectivity index (χ4v) is 2.41. The molecule has 1 saturated heterocycles. The van der Waals surface area contributed by atoms with Gasteiger partial charge in [0.1, 0.15) is 6.04 Å². The molecule has 1 aliphatic rings. The van der Waals surface area contributed by atoms with E-state index in [9.17, 15) is 9.59 Å². The third-order valence-electron chi connectivity index (χ3n) is 3.42. The summed E-state index contributed by atoms with van der Waals surface area (Å²) in [4.78, 5) is 25.3. The topological polar surface area (TPSA) is 49.4 Å². The number of carbonyl (C=O) groups excluding carboxylic acids is 2. The van der Waals surface area contributed by atoms with Gasteiger partial charge in [-0.1, -0.05) is 32.0 Å². The summed E-state index contributed by atoms with van der Waals surface area (Å²) in [5, 5.41) is 3.22. The van der Waals surface area contributed by atoms with Crippen molar-refractivity contribution in [2.24, 2.45) is 0 Å². The van der Waals surface area contributed by atoms with Crippen LogP contribution in [0.3, 0.4) is 0 Å². The van der Waals surface area contributed by atoms with Gasteiger partial charge in [-0.05, 0) is 24.5 Å².